The Bertz CT molecular complexity index is 365. The summed E-state index contributed by atoms with van der Waals surface area (Å²) in [5.74, 6) is 0. The number of likely N-dealkylation sites (tertiary alicyclic amines) is 1. The van der Waals surface area contributed by atoms with E-state index in [1.165, 1.54) is 44.5 Å². The van der Waals surface area contributed by atoms with E-state index in [4.69, 9.17) is 0 Å². The Kier molecular flexibility index (Phi) is 6.44. The van der Waals surface area contributed by atoms with E-state index >= 15 is 0 Å². The first-order chi connectivity index (χ1) is 7.92. The maximum absolute atomic E-state index is 3.66. The summed E-state index contributed by atoms with van der Waals surface area (Å²) < 4.78 is 0. The van der Waals surface area contributed by atoms with Gasteiger partial charge in [0.2, 0.25) is 0 Å². The van der Waals surface area contributed by atoms with Crippen LogP contribution in [0.5, 0.6) is 0 Å². The van der Waals surface area contributed by atoms with Crippen LogP contribution in [-0.2, 0) is 13.0 Å². The highest BCUT2D eigenvalue weighted by Crippen LogP contribution is 2.18. The van der Waals surface area contributed by atoms with Crippen LogP contribution in [0.3, 0.4) is 0 Å². The standard InChI is InChI=1S/C14H20N2.2ClH/c1-2-6-13-10-15-14(9-12(13)5-1)11-16-7-3-4-8-16;;/h1-2,5-6,14-15H,3-4,7-11H2;2*1H/t14-;;/m0../s1. The first-order valence-electron chi connectivity index (χ1n) is 6.44. The molecule has 2 nitrogen and oxygen atoms in total. The number of hydrogen-bond acceptors (Lipinski definition) is 2. The van der Waals surface area contributed by atoms with Gasteiger partial charge >= 0.3 is 0 Å². The van der Waals surface area contributed by atoms with Crippen LogP contribution in [0.2, 0.25) is 0 Å². The van der Waals surface area contributed by atoms with E-state index in [0.29, 0.717) is 6.04 Å². The lowest BCUT2D eigenvalue weighted by molar-refractivity contribution is 0.282. The molecule has 1 aromatic rings. The molecule has 0 bridgehead atoms. The Balaban J connectivity index is 0.000000810. The highest BCUT2D eigenvalue weighted by molar-refractivity contribution is 5.85. The van der Waals surface area contributed by atoms with Gasteiger partial charge in [-0.2, -0.15) is 0 Å². The van der Waals surface area contributed by atoms with E-state index in [-0.39, 0.29) is 24.8 Å². The topological polar surface area (TPSA) is 15.3 Å². The lowest BCUT2D eigenvalue weighted by atomic mass is 9.96. The Labute approximate surface area is 122 Å². The van der Waals surface area contributed by atoms with Crippen molar-refractivity contribution in [2.75, 3.05) is 19.6 Å². The number of halogens is 2. The molecule has 1 atom stereocenters. The molecular formula is C14H22Cl2N2. The zero-order valence-electron chi connectivity index (χ0n) is 10.6. The monoisotopic (exact) mass is 288 g/mol. The minimum atomic E-state index is 0. The molecule has 0 saturated carbocycles. The van der Waals surface area contributed by atoms with Crippen molar-refractivity contribution < 1.29 is 0 Å². The Morgan fingerprint density at radius 1 is 1.06 bits per heavy atom. The normalized spacial score (nSPS) is 22.8. The lowest BCUT2D eigenvalue weighted by Crippen LogP contribution is -2.43. The van der Waals surface area contributed by atoms with Gasteiger partial charge in [0.15, 0.2) is 0 Å². The van der Waals surface area contributed by atoms with Crippen LogP contribution in [0.1, 0.15) is 24.0 Å². The summed E-state index contributed by atoms with van der Waals surface area (Å²) in [6.07, 6.45) is 3.99. The first kappa shape index (κ1) is 15.8. The molecule has 1 fully saturated rings. The van der Waals surface area contributed by atoms with Gasteiger partial charge in [0.25, 0.3) is 0 Å². The molecule has 0 radical (unpaired) electrons. The molecule has 2 aliphatic heterocycles. The zero-order valence-corrected chi connectivity index (χ0v) is 12.2. The van der Waals surface area contributed by atoms with Crippen molar-refractivity contribution in [3.8, 4) is 0 Å². The average Bonchev–Trinajstić information content (AvgIpc) is 2.82. The highest BCUT2D eigenvalue weighted by atomic mass is 35.5. The average molecular weight is 289 g/mol. The largest absolute Gasteiger partial charge is 0.308 e. The van der Waals surface area contributed by atoms with Crippen molar-refractivity contribution in [3.05, 3.63) is 35.4 Å². The van der Waals surface area contributed by atoms with E-state index < -0.39 is 0 Å². The second-order valence-corrected chi connectivity index (χ2v) is 5.06. The van der Waals surface area contributed by atoms with Crippen molar-refractivity contribution >= 4 is 24.8 Å². The molecule has 2 aliphatic rings. The summed E-state index contributed by atoms with van der Waals surface area (Å²) >= 11 is 0. The van der Waals surface area contributed by atoms with Gasteiger partial charge in [0.05, 0.1) is 0 Å². The molecule has 2 heterocycles. The summed E-state index contributed by atoms with van der Waals surface area (Å²) in [6, 6.07) is 9.49. The van der Waals surface area contributed by atoms with Crippen LogP contribution in [0.4, 0.5) is 0 Å². The molecule has 3 rings (SSSR count). The zero-order chi connectivity index (χ0) is 10.8. The van der Waals surface area contributed by atoms with E-state index in [0.717, 1.165) is 6.54 Å². The quantitative estimate of drug-likeness (QED) is 0.900. The van der Waals surface area contributed by atoms with Crippen molar-refractivity contribution in [1.82, 2.24) is 10.2 Å². The van der Waals surface area contributed by atoms with E-state index in [1.807, 2.05) is 0 Å². The summed E-state index contributed by atoms with van der Waals surface area (Å²) in [5.41, 5.74) is 3.03. The van der Waals surface area contributed by atoms with Crippen LogP contribution < -0.4 is 5.32 Å². The van der Waals surface area contributed by atoms with Crippen LogP contribution >= 0.6 is 24.8 Å². The highest BCUT2D eigenvalue weighted by Gasteiger charge is 2.21. The van der Waals surface area contributed by atoms with Crippen LogP contribution in [0.25, 0.3) is 0 Å². The van der Waals surface area contributed by atoms with Gasteiger partial charge in [-0.25, -0.2) is 0 Å². The molecule has 102 valence electrons. The molecule has 1 aromatic carbocycles. The SMILES string of the molecule is Cl.Cl.c1ccc2c(c1)CN[C@H](CN1CCCC1)C2. The summed E-state index contributed by atoms with van der Waals surface area (Å²) in [4.78, 5) is 2.60. The molecule has 18 heavy (non-hydrogen) atoms. The number of nitrogens with zero attached hydrogens (tertiary/aromatic N) is 1. The fraction of sp³-hybridized carbons (Fsp3) is 0.571. The molecule has 0 unspecified atom stereocenters. The van der Waals surface area contributed by atoms with Gasteiger partial charge in [-0.05, 0) is 43.5 Å². The molecule has 0 amide bonds. The van der Waals surface area contributed by atoms with Gasteiger partial charge in [0, 0.05) is 19.1 Å². The van der Waals surface area contributed by atoms with Gasteiger partial charge in [-0.3, -0.25) is 0 Å². The van der Waals surface area contributed by atoms with Crippen molar-refractivity contribution in [1.29, 1.82) is 0 Å². The van der Waals surface area contributed by atoms with Crippen LogP contribution in [0.15, 0.2) is 24.3 Å². The van der Waals surface area contributed by atoms with Crippen molar-refractivity contribution in [3.63, 3.8) is 0 Å². The summed E-state index contributed by atoms with van der Waals surface area (Å²) in [5, 5.41) is 3.66. The maximum atomic E-state index is 3.66. The predicted octanol–water partition coefficient (Wildman–Crippen LogP) is 2.64. The third kappa shape index (κ3) is 3.61. The maximum Gasteiger partial charge on any atom is 0.0238 e. The lowest BCUT2D eigenvalue weighted by Gasteiger charge is -2.29. The van der Waals surface area contributed by atoms with Crippen molar-refractivity contribution in [2.45, 2.75) is 31.8 Å². The minimum Gasteiger partial charge on any atom is -0.308 e. The summed E-state index contributed by atoms with van der Waals surface area (Å²) in [7, 11) is 0. The van der Waals surface area contributed by atoms with E-state index in [9.17, 15) is 0 Å². The molecular weight excluding hydrogens is 267 g/mol. The van der Waals surface area contributed by atoms with Crippen molar-refractivity contribution in [2.24, 2.45) is 0 Å². The molecule has 0 aliphatic carbocycles. The fourth-order valence-corrected chi connectivity index (χ4v) is 2.93. The Morgan fingerprint density at radius 3 is 2.44 bits per heavy atom. The molecule has 1 N–H and O–H groups in total. The number of hydrogen-bond donors (Lipinski definition) is 1. The third-order valence-electron chi connectivity index (χ3n) is 3.84. The second-order valence-electron chi connectivity index (χ2n) is 5.06. The van der Waals surface area contributed by atoms with Gasteiger partial charge < -0.3 is 10.2 Å². The second kappa shape index (κ2) is 7.34. The Morgan fingerprint density at radius 2 is 1.72 bits per heavy atom. The molecule has 0 spiro atoms. The third-order valence-corrected chi connectivity index (χ3v) is 3.84. The molecule has 1 saturated heterocycles. The Hall–Kier alpha value is -0.280. The number of fused-ring (bicyclic) bond motifs is 1. The smallest absolute Gasteiger partial charge is 0.0238 e. The predicted molar refractivity (Wildman–Crippen MR) is 80.9 cm³/mol. The fourth-order valence-electron chi connectivity index (χ4n) is 2.93. The van der Waals surface area contributed by atoms with Crippen LogP contribution in [-0.4, -0.2) is 30.6 Å². The van der Waals surface area contributed by atoms with Gasteiger partial charge in [0.1, 0.15) is 0 Å². The van der Waals surface area contributed by atoms with E-state index in [2.05, 4.69) is 34.5 Å². The molecule has 4 heteroatoms. The number of nitrogens with one attached hydrogen (secondary N) is 1. The van der Waals surface area contributed by atoms with E-state index in [1.54, 1.807) is 5.56 Å². The summed E-state index contributed by atoms with van der Waals surface area (Å²) in [6.45, 7) is 4.89. The van der Waals surface area contributed by atoms with Crippen LogP contribution in [0, 0.1) is 0 Å². The molecule has 0 aromatic heterocycles. The van der Waals surface area contributed by atoms with Gasteiger partial charge in [-0.1, -0.05) is 24.3 Å². The minimum absolute atomic E-state index is 0. The van der Waals surface area contributed by atoms with Gasteiger partial charge in [-0.15, -0.1) is 24.8 Å². The number of rotatable bonds is 2. The number of benzene rings is 1. The first-order valence-corrected chi connectivity index (χ1v) is 6.44.